The van der Waals surface area contributed by atoms with Crippen LogP contribution >= 0.6 is 0 Å². The lowest BCUT2D eigenvalue weighted by molar-refractivity contribution is -0.141. The van der Waals surface area contributed by atoms with Gasteiger partial charge in [-0.1, -0.05) is 6.92 Å². The van der Waals surface area contributed by atoms with Crippen molar-refractivity contribution in [2.75, 3.05) is 0 Å². The van der Waals surface area contributed by atoms with E-state index >= 15 is 0 Å². The Hall–Kier alpha value is -0.860. The lowest BCUT2D eigenvalue weighted by Gasteiger charge is -1.99. The molecule has 1 radical (unpaired) electrons. The largest absolute Gasteiger partial charge is 0.481 e. The lowest BCUT2D eigenvalue weighted by Crippen LogP contribution is -2.08. The van der Waals surface area contributed by atoms with Crippen LogP contribution in [-0.2, 0) is 9.59 Å². The number of carbonyl (C=O) groups is 1. The predicted octanol–water partition coefficient (Wildman–Crippen LogP) is 0.597. The number of carboxylic acids is 1. The summed E-state index contributed by atoms with van der Waals surface area (Å²) in [4.78, 5) is 19.7. The van der Waals surface area contributed by atoms with E-state index in [2.05, 4.69) is 0 Å². The van der Waals surface area contributed by atoms with Gasteiger partial charge in [-0.3, -0.25) is 9.59 Å². The van der Waals surface area contributed by atoms with Crippen molar-refractivity contribution in [3.63, 3.8) is 0 Å². The fraction of sp³-hybridized carbons (Fsp3) is 0.667. The summed E-state index contributed by atoms with van der Waals surface area (Å²) in [5, 5.41) is 8.28. The average molecular weight is 129 g/mol. The van der Waals surface area contributed by atoms with Gasteiger partial charge in [-0.05, 0) is 6.42 Å². The fourth-order valence-electron chi connectivity index (χ4n) is 0.399. The highest BCUT2D eigenvalue weighted by molar-refractivity contribution is 5.69. The molecule has 0 aromatic heterocycles. The fourth-order valence-corrected chi connectivity index (χ4v) is 0.399. The minimum atomic E-state index is -0.856. The third kappa shape index (κ3) is 3.70. The van der Waals surface area contributed by atoms with Gasteiger partial charge < -0.3 is 5.11 Å². The van der Waals surface area contributed by atoms with Gasteiger partial charge in [-0.2, -0.15) is 0 Å². The first-order valence-corrected chi connectivity index (χ1v) is 2.76. The first-order chi connectivity index (χ1) is 4.18. The van der Waals surface area contributed by atoms with E-state index in [1.807, 2.05) is 0 Å². The van der Waals surface area contributed by atoms with Crippen molar-refractivity contribution in [3.8, 4) is 0 Å². The molecule has 0 rings (SSSR count). The van der Waals surface area contributed by atoms with Crippen molar-refractivity contribution in [1.29, 1.82) is 0 Å². The Balaban J connectivity index is 3.37. The topological polar surface area (TPSA) is 54.4 Å². The molecular weight excluding hydrogens is 120 g/mol. The molecule has 0 aromatic carbocycles. The third-order valence-corrected chi connectivity index (χ3v) is 1.10. The smallest absolute Gasteiger partial charge is 0.306 e. The SMILES string of the molecule is CC(CC[C]=O)C(=O)O. The quantitative estimate of drug-likeness (QED) is 0.604. The Kier molecular flexibility index (Phi) is 3.67. The molecule has 0 saturated carbocycles. The molecule has 0 aliphatic carbocycles. The van der Waals surface area contributed by atoms with Gasteiger partial charge in [0.2, 0.25) is 0 Å². The Bertz CT molecular complexity index is 109. The maximum Gasteiger partial charge on any atom is 0.306 e. The zero-order chi connectivity index (χ0) is 7.28. The summed E-state index contributed by atoms with van der Waals surface area (Å²) < 4.78 is 0. The zero-order valence-corrected chi connectivity index (χ0v) is 5.26. The summed E-state index contributed by atoms with van der Waals surface area (Å²) in [6, 6.07) is 0. The number of hydrogen-bond donors (Lipinski definition) is 1. The van der Waals surface area contributed by atoms with Crippen LogP contribution in [0.2, 0.25) is 0 Å². The van der Waals surface area contributed by atoms with Crippen LogP contribution in [0.5, 0.6) is 0 Å². The molecule has 0 heterocycles. The molecule has 0 fully saturated rings. The van der Waals surface area contributed by atoms with Crippen LogP contribution in [0.3, 0.4) is 0 Å². The third-order valence-electron chi connectivity index (χ3n) is 1.10. The Morgan fingerprint density at radius 3 is 2.67 bits per heavy atom. The van der Waals surface area contributed by atoms with Crippen molar-refractivity contribution >= 4 is 12.3 Å². The normalized spacial score (nSPS) is 12.6. The average Bonchev–Trinajstić information content (AvgIpc) is 1.82. The molecule has 3 nitrogen and oxygen atoms in total. The highest BCUT2D eigenvalue weighted by Crippen LogP contribution is 2.02. The number of aliphatic carboxylic acids is 1. The second-order valence-electron chi connectivity index (χ2n) is 1.92. The van der Waals surface area contributed by atoms with E-state index in [9.17, 15) is 9.59 Å². The summed E-state index contributed by atoms with van der Waals surface area (Å²) >= 11 is 0. The molecule has 0 aliphatic heterocycles. The van der Waals surface area contributed by atoms with Crippen LogP contribution in [0.15, 0.2) is 0 Å². The highest BCUT2D eigenvalue weighted by Gasteiger charge is 2.08. The molecule has 0 aliphatic rings. The molecule has 9 heavy (non-hydrogen) atoms. The second kappa shape index (κ2) is 4.06. The minimum Gasteiger partial charge on any atom is -0.481 e. The molecule has 1 N–H and O–H groups in total. The Morgan fingerprint density at radius 2 is 2.33 bits per heavy atom. The number of rotatable bonds is 4. The van der Waals surface area contributed by atoms with Crippen LogP contribution in [0.1, 0.15) is 19.8 Å². The van der Waals surface area contributed by atoms with Gasteiger partial charge in [-0.15, -0.1) is 0 Å². The summed E-state index contributed by atoms with van der Waals surface area (Å²) in [5.74, 6) is -1.28. The van der Waals surface area contributed by atoms with E-state index < -0.39 is 11.9 Å². The van der Waals surface area contributed by atoms with Crippen LogP contribution in [-0.4, -0.2) is 17.4 Å². The van der Waals surface area contributed by atoms with Crippen molar-refractivity contribution in [2.45, 2.75) is 19.8 Å². The van der Waals surface area contributed by atoms with Gasteiger partial charge in [-0.25, -0.2) is 0 Å². The van der Waals surface area contributed by atoms with Crippen LogP contribution in [0, 0.1) is 5.92 Å². The molecule has 0 saturated heterocycles. The Morgan fingerprint density at radius 1 is 1.78 bits per heavy atom. The first kappa shape index (κ1) is 8.14. The molecule has 0 amide bonds. The molecule has 1 unspecified atom stereocenters. The molecular formula is C6H9O3. The van der Waals surface area contributed by atoms with Gasteiger partial charge in [0.1, 0.15) is 0 Å². The van der Waals surface area contributed by atoms with E-state index in [1.54, 1.807) is 13.2 Å². The number of carboxylic acid groups (broad SMARTS) is 1. The van der Waals surface area contributed by atoms with Crippen LogP contribution < -0.4 is 0 Å². The summed E-state index contributed by atoms with van der Waals surface area (Å²) in [6.45, 7) is 1.57. The van der Waals surface area contributed by atoms with Crippen LogP contribution in [0.25, 0.3) is 0 Å². The molecule has 51 valence electrons. The van der Waals surface area contributed by atoms with Crippen molar-refractivity contribution < 1.29 is 14.7 Å². The zero-order valence-electron chi connectivity index (χ0n) is 5.26. The number of hydrogen-bond acceptors (Lipinski definition) is 2. The van der Waals surface area contributed by atoms with Crippen molar-refractivity contribution in [3.05, 3.63) is 0 Å². The molecule has 1 atom stereocenters. The minimum absolute atomic E-state index is 0.216. The van der Waals surface area contributed by atoms with Gasteiger partial charge in [0.15, 0.2) is 6.29 Å². The van der Waals surface area contributed by atoms with Gasteiger partial charge in [0, 0.05) is 6.42 Å². The Labute approximate surface area is 53.7 Å². The predicted molar refractivity (Wildman–Crippen MR) is 31.7 cm³/mol. The monoisotopic (exact) mass is 129 g/mol. The van der Waals surface area contributed by atoms with Gasteiger partial charge in [0.05, 0.1) is 5.92 Å². The maximum absolute atomic E-state index is 10.1. The first-order valence-electron chi connectivity index (χ1n) is 2.76. The van der Waals surface area contributed by atoms with E-state index in [1.165, 1.54) is 0 Å². The summed E-state index contributed by atoms with van der Waals surface area (Å²) in [5.41, 5.74) is 0. The number of carbonyl (C=O) groups excluding carboxylic acids is 1. The summed E-state index contributed by atoms with van der Waals surface area (Å²) in [6.07, 6.45) is 2.24. The highest BCUT2D eigenvalue weighted by atomic mass is 16.4. The van der Waals surface area contributed by atoms with E-state index in [0.29, 0.717) is 6.42 Å². The van der Waals surface area contributed by atoms with E-state index in [4.69, 9.17) is 5.11 Å². The van der Waals surface area contributed by atoms with Gasteiger partial charge >= 0.3 is 5.97 Å². The molecule has 3 heteroatoms. The maximum atomic E-state index is 10.1. The summed E-state index contributed by atoms with van der Waals surface area (Å²) in [7, 11) is 0. The van der Waals surface area contributed by atoms with E-state index in [-0.39, 0.29) is 6.42 Å². The molecule has 0 spiro atoms. The molecule has 0 bridgehead atoms. The van der Waals surface area contributed by atoms with Gasteiger partial charge in [0.25, 0.3) is 0 Å². The second-order valence-corrected chi connectivity index (χ2v) is 1.92. The molecule has 0 aromatic rings. The van der Waals surface area contributed by atoms with Crippen molar-refractivity contribution in [1.82, 2.24) is 0 Å². The lowest BCUT2D eigenvalue weighted by atomic mass is 10.1. The standard InChI is InChI=1S/C6H9O3/c1-5(6(8)9)3-2-4-7/h5H,2-3H2,1H3,(H,8,9). The van der Waals surface area contributed by atoms with Crippen LogP contribution in [0.4, 0.5) is 0 Å². The van der Waals surface area contributed by atoms with E-state index in [0.717, 1.165) is 0 Å². The van der Waals surface area contributed by atoms with Crippen molar-refractivity contribution in [2.24, 2.45) is 5.92 Å².